The van der Waals surface area contributed by atoms with E-state index in [1.54, 1.807) is 7.11 Å². The van der Waals surface area contributed by atoms with Crippen molar-refractivity contribution in [2.75, 3.05) is 40.4 Å². The minimum atomic E-state index is -0.0877. The van der Waals surface area contributed by atoms with Gasteiger partial charge in [-0.3, -0.25) is 4.90 Å². The molecule has 0 aromatic rings. The van der Waals surface area contributed by atoms with E-state index in [9.17, 15) is 5.11 Å². The summed E-state index contributed by atoms with van der Waals surface area (Å²) in [5, 5.41) is 13.1. The van der Waals surface area contributed by atoms with Gasteiger partial charge in [-0.05, 0) is 45.2 Å². The van der Waals surface area contributed by atoms with Gasteiger partial charge in [-0.15, -0.1) is 0 Å². The molecule has 0 bridgehead atoms. The predicted octanol–water partition coefficient (Wildman–Crippen LogP) is 0.458. The molecule has 0 aromatic heterocycles. The van der Waals surface area contributed by atoms with Crippen LogP contribution < -0.4 is 5.32 Å². The second kappa shape index (κ2) is 5.65. The van der Waals surface area contributed by atoms with Gasteiger partial charge in [-0.2, -0.15) is 0 Å². The lowest BCUT2D eigenvalue weighted by atomic mass is 9.92. The van der Waals surface area contributed by atoms with Gasteiger partial charge in [-0.1, -0.05) is 0 Å². The number of aliphatic hydroxyl groups excluding tert-OH is 1. The maximum absolute atomic E-state index is 9.72. The summed E-state index contributed by atoms with van der Waals surface area (Å²) in [5.74, 6) is 0.653. The van der Waals surface area contributed by atoms with E-state index < -0.39 is 0 Å². The number of piperidine rings is 1. The Morgan fingerprint density at radius 1 is 1.41 bits per heavy atom. The number of nitrogens with zero attached hydrogens (tertiary/aromatic N) is 1. The largest absolute Gasteiger partial charge is 0.394 e. The first-order valence-electron chi connectivity index (χ1n) is 6.79. The van der Waals surface area contributed by atoms with Crippen molar-refractivity contribution < 1.29 is 9.84 Å². The molecule has 1 heterocycles. The van der Waals surface area contributed by atoms with Gasteiger partial charge in [-0.25, -0.2) is 0 Å². The molecule has 0 radical (unpaired) electrons. The molecule has 1 saturated heterocycles. The highest BCUT2D eigenvalue weighted by molar-refractivity contribution is 5.02. The number of hydrogen-bond acceptors (Lipinski definition) is 4. The van der Waals surface area contributed by atoms with Gasteiger partial charge in [0.1, 0.15) is 0 Å². The summed E-state index contributed by atoms with van der Waals surface area (Å²) in [6.07, 6.45) is 5.25. The Morgan fingerprint density at radius 2 is 2.18 bits per heavy atom. The Bertz CT molecular complexity index is 240. The second-order valence-electron chi connectivity index (χ2n) is 5.57. The van der Waals surface area contributed by atoms with Gasteiger partial charge in [0.25, 0.3) is 0 Å². The third kappa shape index (κ3) is 2.99. The van der Waals surface area contributed by atoms with E-state index in [1.165, 1.54) is 25.7 Å². The highest BCUT2D eigenvalue weighted by Gasteiger charge is 2.45. The Balaban J connectivity index is 1.93. The monoisotopic (exact) mass is 242 g/mol. The number of aliphatic hydroxyl groups is 1. The van der Waals surface area contributed by atoms with Crippen LogP contribution in [0, 0.1) is 5.92 Å². The summed E-state index contributed by atoms with van der Waals surface area (Å²) in [4.78, 5) is 2.45. The van der Waals surface area contributed by atoms with Crippen molar-refractivity contribution in [1.82, 2.24) is 10.2 Å². The Morgan fingerprint density at radius 3 is 2.71 bits per heavy atom. The van der Waals surface area contributed by atoms with Crippen LogP contribution in [0.5, 0.6) is 0 Å². The lowest BCUT2D eigenvalue weighted by Crippen LogP contribution is -2.58. The van der Waals surface area contributed by atoms with Crippen LogP contribution in [0.2, 0.25) is 0 Å². The van der Waals surface area contributed by atoms with Crippen LogP contribution >= 0.6 is 0 Å². The summed E-state index contributed by atoms with van der Waals surface area (Å²) < 4.78 is 5.45. The quantitative estimate of drug-likeness (QED) is 0.710. The first-order valence-corrected chi connectivity index (χ1v) is 6.79. The van der Waals surface area contributed by atoms with Crippen molar-refractivity contribution in [2.24, 2.45) is 5.92 Å². The normalized spacial score (nSPS) is 30.2. The fraction of sp³-hybridized carbons (Fsp3) is 1.00. The molecule has 2 atom stereocenters. The third-order valence-corrected chi connectivity index (χ3v) is 4.44. The smallest absolute Gasteiger partial charge is 0.0698 e. The average molecular weight is 242 g/mol. The lowest BCUT2D eigenvalue weighted by molar-refractivity contribution is 0.0100. The Hall–Kier alpha value is -0.160. The van der Waals surface area contributed by atoms with Crippen LogP contribution in [-0.2, 0) is 4.74 Å². The Kier molecular flexibility index (Phi) is 4.42. The molecular weight excluding hydrogens is 216 g/mol. The Labute approximate surface area is 104 Å². The third-order valence-electron chi connectivity index (χ3n) is 4.44. The van der Waals surface area contributed by atoms with E-state index in [2.05, 4.69) is 10.2 Å². The highest BCUT2D eigenvalue weighted by Crippen LogP contribution is 2.40. The van der Waals surface area contributed by atoms with E-state index in [0.717, 1.165) is 19.6 Å². The van der Waals surface area contributed by atoms with Crippen molar-refractivity contribution >= 4 is 0 Å². The molecule has 100 valence electrons. The number of ether oxygens (including phenoxy) is 1. The minimum absolute atomic E-state index is 0.0877. The highest BCUT2D eigenvalue weighted by atomic mass is 16.5. The van der Waals surface area contributed by atoms with Gasteiger partial charge in [0, 0.05) is 20.2 Å². The topological polar surface area (TPSA) is 44.7 Å². The zero-order chi connectivity index (χ0) is 12.3. The number of nitrogens with one attached hydrogen (secondary N) is 1. The molecule has 2 fully saturated rings. The van der Waals surface area contributed by atoms with E-state index in [-0.39, 0.29) is 12.1 Å². The first-order chi connectivity index (χ1) is 8.24. The van der Waals surface area contributed by atoms with E-state index in [1.807, 2.05) is 7.05 Å². The fourth-order valence-corrected chi connectivity index (χ4v) is 3.05. The van der Waals surface area contributed by atoms with Crippen LogP contribution in [0.1, 0.15) is 25.7 Å². The van der Waals surface area contributed by atoms with Gasteiger partial charge < -0.3 is 15.2 Å². The zero-order valence-electron chi connectivity index (χ0n) is 11.1. The number of rotatable bonds is 6. The number of methoxy groups -OCH3 is 1. The second-order valence-corrected chi connectivity index (χ2v) is 5.57. The van der Waals surface area contributed by atoms with Crippen molar-refractivity contribution in [1.29, 1.82) is 0 Å². The molecule has 2 aliphatic rings. The molecule has 4 heteroatoms. The maximum Gasteiger partial charge on any atom is 0.0698 e. The first kappa shape index (κ1) is 13.3. The molecule has 17 heavy (non-hydrogen) atoms. The van der Waals surface area contributed by atoms with E-state index in [0.29, 0.717) is 12.0 Å². The van der Waals surface area contributed by atoms with Crippen molar-refractivity contribution in [3.8, 4) is 0 Å². The molecular formula is C13H26N2O2. The van der Waals surface area contributed by atoms with Gasteiger partial charge in [0.2, 0.25) is 0 Å². The van der Waals surface area contributed by atoms with E-state index in [4.69, 9.17) is 4.74 Å². The molecule has 1 saturated carbocycles. The lowest BCUT2D eigenvalue weighted by Gasteiger charge is -2.40. The fourth-order valence-electron chi connectivity index (χ4n) is 3.05. The summed E-state index contributed by atoms with van der Waals surface area (Å²) in [5.41, 5.74) is -0.0877. The van der Waals surface area contributed by atoms with Crippen LogP contribution in [0.4, 0.5) is 0 Å². The molecule has 0 spiro atoms. The maximum atomic E-state index is 9.72. The molecule has 1 aliphatic heterocycles. The number of likely N-dealkylation sites (N-methyl/N-ethyl adjacent to an activating group) is 1. The van der Waals surface area contributed by atoms with Gasteiger partial charge in [0.15, 0.2) is 0 Å². The van der Waals surface area contributed by atoms with Gasteiger partial charge >= 0.3 is 0 Å². The standard InChI is InChI=1S/C13H26N2O2/c1-14-13(10-16,11-5-6-11)9-15-7-3-4-12(8-15)17-2/h11-12,14,16H,3-10H2,1-2H3. The molecule has 4 nitrogen and oxygen atoms in total. The van der Waals surface area contributed by atoms with Crippen molar-refractivity contribution in [3.63, 3.8) is 0 Å². The number of likely N-dealkylation sites (tertiary alicyclic amines) is 1. The molecule has 1 aliphatic carbocycles. The average Bonchev–Trinajstić information content (AvgIpc) is 3.21. The van der Waals surface area contributed by atoms with Crippen LogP contribution in [-0.4, -0.2) is 62.0 Å². The predicted molar refractivity (Wildman–Crippen MR) is 68.1 cm³/mol. The molecule has 2 N–H and O–H groups in total. The number of hydrogen-bond donors (Lipinski definition) is 2. The molecule has 0 aromatic carbocycles. The SMILES string of the molecule is CNC(CO)(CN1CCCC(OC)C1)C1CC1. The zero-order valence-corrected chi connectivity index (χ0v) is 11.1. The van der Waals surface area contributed by atoms with Crippen LogP contribution in [0.25, 0.3) is 0 Å². The summed E-state index contributed by atoms with van der Waals surface area (Å²) in [7, 11) is 3.78. The van der Waals surface area contributed by atoms with Gasteiger partial charge in [0.05, 0.1) is 18.2 Å². The minimum Gasteiger partial charge on any atom is -0.394 e. The summed E-state index contributed by atoms with van der Waals surface area (Å²) in [6, 6.07) is 0. The van der Waals surface area contributed by atoms with Crippen LogP contribution in [0.15, 0.2) is 0 Å². The van der Waals surface area contributed by atoms with E-state index >= 15 is 0 Å². The summed E-state index contributed by atoms with van der Waals surface area (Å²) >= 11 is 0. The van der Waals surface area contributed by atoms with Crippen molar-refractivity contribution in [2.45, 2.75) is 37.3 Å². The molecule has 0 amide bonds. The molecule has 2 unspecified atom stereocenters. The van der Waals surface area contributed by atoms with Crippen molar-refractivity contribution in [3.05, 3.63) is 0 Å². The molecule has 2 rings (SSSR count). The summed E-state index contributed by atoms with van der Waals surface area (Å²) in [6.45, 7) is 3.33. The van der Waals surface area contributed by atoms with Crippen LogP contribution in [0.3, 0.4) is 0 Å².